The highest BCUT2D eigenvalue weighted by Crippen LogP contribution is 2.31. The summed E-state index contributed by atoms with van der Waals surface area (Å²) in [6.45, 7) is 0. The molecule has 2 N–H and O–H groups in total. The van der Waals surface area contributed by atoms with Crippen molar-refractivity contribution in [3.63, 3.8) is 0 Å². The minimum atomic E-state index is -0.279. The largest absolute Gasteiger partial charge is 0.360 e. The van der Waals surface area contributed by atoms with Gasteiger partial charge in [-0.05, 0) is 48.0 Å². The van der Waals surface area contributed by atoms with Crippen LogP contribution in [0.4, 0.5) is 4.39 Å². The number of nitrogens with one attached hydrogen (secondary N) is 2. The molecule has 0 radical (unpaired) electrons. The Labute approximate surface area is 132 Å². The molecule has 0 saturated heterocycles. The van der Waals surface area contributed by atoms with Gasteiger partial charge in [-0.1, -0.05) is 12.1 Å². The molecule has 0 amide bonds. The van der Waals surface area contributed by atoms with Crippen molar-refractivity contribution in [2.45, 2.75) is 0 Å². The van der Waals surface area contributed by atoms with Crippen LogP contribution >= 0.6 is 0 Å². The van der Waals surface area contributed by atoms with Gasteiger partial charge in [0.15, 0.2) is 0 Å². The van der Waals surface area contributed by atoms with Crippen LogP contribution in [0.3, 0.4) is 0 Å². The normalized spacial score (nSPS) is 10.8. The van der Waals surface area contributed by atoms with Crippen molar-refractivity contribution in [1.82, 2.24) is 20.2 Å². The van der Waals surface area contributed by atoms with Gasteiger partial charge in [-0.25, -0.2) is 4.39 Å². The summed E-state index contributed by atoms with van der Waals surface area (Å²) < 4.78 is 13.7. The summed E-state index contributed by atoms with van der Waals surface area (Å²) in [6.07, 6.45) is 3.66. The molecule has 4 rings (SSSR count). The van der Waals surface area contributed by atoms with Gasteiger partial charge in [0.1, 0.15) is 17.2 Å². The summed E-state index contributed by atoms with van der Waals surface area (Å²) in [7, 11) is 0. The van der Waals surface area contributed by atoms with E-state index in [0.29, 0.717) is 11.4 Å². The molecular weight excluding hydrogens is 291 g/mol. The summed E-state index contributed by atoms with van der Waals surface area (Å²) in [6, 6.07) is 16.0. The molecule has 1 aromatic carbocycles. The maximum atomic E-state index is 13.7. The Bertz CT molecular complexity index is 928. The first-order chi connectivity index (χ1) is 11.3. The molecule has 0 fully saturated rings. The monoisotopic (exact) mass is 304 g/mol. The molecule has 0 atom stereocenters. The number of aromatic nitrogens is 4. The van der Waals surface area contributed by atoms with E-state index in [2.05, 4.69) is 20.2 Å². The van der Waals surface area contributed by atoms with Gasteiger partial charge in [0, 0.05) is 18.0 Å². The van der Waals surface area contributed by atoms with Crippen LogP contribution < -0.4 is 0 Å². The number of hydrogen-bond acceptors (Lipinski definition) is 2. The predicted octanol–water partition coefficient (Wildman–Crippen LogP) is 4.27. The minimum absolute atomic E-state index is 0.279. The second kappa shape index (κ2) is 5.53. The first-order valence-electron chi connectivity index (χ1n) is 7.22. The average molecular weight is 304 g/mol. The number of halogens is 1. The first-order valence-corrected chi connectivity index (χ1v) is 7.22. The van der Waals surface area contributed by atoms with Crippen LogP contribution in [0.5, 0.6) is 0 Å². The van der Waals surface area contributed by atoms with Crippen molar-refractivity contribution in [1.29, 1.82) is 0 Å². The standard InChI is InChI=1S/C18H13FN4/c19-13-5-1-4-12(10-13)14-11-17(15-6-2-8-20-15)22-23-18(14)16-7-3-9-21-16/h1-11,20-21H. The molecule has 0 aliphatic carbocycles. The number of hydrogen-bond donors (Lipinski definition) is 2. The van der Waals surface area contributed by atoms with Crippen molar-refractivity contribution < 1.29 is 4.39 Å². The Morgan fingerprint density at radius 2 is 1.57 bits per heavy atom. The van der Waals surface area contributed by atoms with Gasteiger partial charge in [0.2, 0.25) is 0 Å². The van der Waals surface area contributed by atoms with Crippen molar-refractivity contribution in [2.24, 2.45) is 0 Å². The van der Waals surface area contributed by atoms with Gasteiger partial charge < -0.3 is 9.97 Å². The molecule has 4 aromatic rings. The summed E-state index contributed by atoms with van der Waals surface area (Å²) in [5, 5.41) is 8.65. The predicted molar refractivity (Wildman–Crippen MR) is 87.0 cm³/mol. The topological polar surface area (TPSA) is 57.4 Å². The van der Waals surface area contributed by atoms with E-state index in [4.69, 9.17) is 0 Å². The van der Waals surface area contributed by atoms with Gasteiger partial charge in [0.25, 0.3) is 0 Å². The molecule has 4 nitrogen and oxygen atoms in total. The van der Waals surface area contributed by atoms with E-state index < -0.39 is 0 Å². The highest BCUT2D eigenvalue weighted by atomic mass is 19.1. The van der Waals surface area contributed by atoms with Gasteiger partial charge in [-0.15, -0.1) is 10.2 Å². The third kappa shape index (κ3) is 2.53. The Morgan fingerprint density at radius 3 is 2.26 bits per heavy atom. The third-order valence-electron chi connectivity index (χ3n) is 3.66. The molecule has 3 heterocycles. The molecule has 0 spiro atoms. The van der Waals surface area contributed by atoms with Crippen molar-refractivity contribution in [3.05, 3.63) is 72.8 Å². The quantitative estimate of drug-likeness (QED) is 0.594. The van der Waals surface area contributed by atoms with Crippen LogP contribution in [-0.2, 0) is 0 Å². The van der Waals surface area contributed by atoms with Crippen molar-refractivity contribution in [3.8, 4) is 33.9 Å². The molecule has 112 valence electrons. The van der Waals surface area contributed by atoms with E-state index in [9.17, 15) is 4.39 Å². The van der Waals surface area contributed by atoms with Crippen LogP contribution in [0, 0.1) is 5.82 Å². The van der Waals surface area contributed by atoms with Gasteiger partial charge >= 0.3 is 0 Å². The SMILES string of the molecule is Fc1cccc(-c2cc(-c3ccc[nH]3)nnc2-c2ccc[nH]2)c1. The lowest BCUT2D eigenvalue weighted by atomic mass is 10.0. The zero-order valence-electron chi connectivity index (χ0n) is 12.1. The van der Waals surface area contributed by atoms with Crippen LogP contribution in [0.2, 0.25) is 0 Å². The summed E-state index contributed by atoms with van der Waals surface area (Å²) in [5.74, 6) is -0.279. The van der Waals surface area contributed by atoms with E-state index in [1.807, 2.05) is 48.8 Å². The molecular formula is C18H13FN4. The summed E-state index contributed by atoms with van der Waals surface area (Å²) in [5.41, 5.74) is 4.70. The molecule has 0 unspecified atom stereocenters. The van der Waals surface area contributed by atoms with E-state index in [1.54, 1.807) is 6.07 Å². The molecule has 0 saturated carbocycles. The number of aromatic amines is 2. The Kier molecular flexibility index (Phi) is 3.24. The molecule has 23 heavy (non-hydrogen) atoms. The summed E-state index contributed by atoms with van der Waals surface area (Å²) in [4.78, 5) is 6.24. The second-order valence-corrected chi connectivity index (χ2v) is 5.17. The zero-order valence-corrected chi connectivity index (χ0v) is 12.1. The van der Waals surface area contributed by atoms with E-state index in [-0.39, 0.29) is 5.82 Å². The fraction of sp³-hybridized carbons (Fsp3) is 0. The van der Waals surface area contributed by atoms with Gasteiger partial charge in [-0.2, -0.15) is 0 Å². The number of H-pyrrole nitrogens is 2. The second-order valence-electron chi connectivity index (χ2n) is 5.17. The molecule has 0 bridgehead atoms. The van der Waals surface area contributed by atoms with Gasteiger partial charge in [-0.3, -0.25) is 0 Å². The van der Waals surface area contributed by atoms with Crippen LogP contribution in [0.1, 0.15) is 0 Å². The van der Waals surface area contributed by atoms with Crippen molar-refractivity contribution in [2.75, 3.05) is 0 Å². The van der Waals surface area contributed by atoms with E-state index >= 15 is 0 Å². The fourth-order valence-corrected chi connectivity index (χ4v) is 2.57. The maximum absolute atomic E-state index is 13.7. The lowest BCUT2D eigenvalue weighted by Crippen LogP contribution is -1.96. The fourth-order valence-electron chi connectivity index (χ4n) is 2.57. The maximum Gasteiger partial charge on any atom is 0.123 e. The average Bonchev–Trinajstić information content (AvgIpc) is 3.28. The Morgan fingerprint density at radius 1 is 0.783 bits per heavy atom. The molecule has 5 heteroatoms. The third-order valence-corrected chi connectivity index (χ3v) is 3.66. The lowest BCUT2D eigenvalue weighted by molar-refractivity contribution is 0.628. The molecule has 0 aliphatic heterocycles. The first kappa shape index (κ1) is 13.5. The van der Waals surface area contributed by atoms with Crippen LogP contribution in [0.15, 0.2) is 67.0 Å². The Hall–Kier alpha value is -3.21. The number of rotatable bonds is 3. The van der Waals surface area contributed by atoms with Gasteiger partial charge in [0.05, 0.1) is 11.4 Å². The molecule has 0 aliphatic rings. The van der Waals surface area contributed by atoms with Crippen LogP contribution in [-0.4, -0.2) is 20.2 Å². The van der Waals surface area contributed by atoms with Crippen LogP contribution in [0.25, 0.3) is 33.9 Å². The zero-order chi connectivity index (χ0) is 15.6. The highest BCUT2D eigenvalue weighted by molar-refractivity contribution is 5.81. The molecule has 3 aromatic heterocycles. The minimum Gasteiger partial charge on any atom is -0.360 e. The summed E-state index contributed by atoms with van der Waals surface area (Å²) >= 11 is 0. The van der Waals surface area contributed by atoms with E-state index in [0.717, 1.165) is 22.5 Å². The van der Waals surface area contributed by atoms with Crippen molar-refractivity contribution >= 4 is 0 Å². The highest BCUT2D eigenvalue weighted by Gasteiger charge is 2.14. The van der Waals surface area contributed by atoms with E-state index in [1.165, 1.54) is 12.1 Å². The Balaban J connectivity index is 1.94. The smallest absolute Gasteiger partial charge is 0.123 e. The number of benzene rings is 1. The number of nitrogens with zero attached hydrogens (tertiary/aromatic N) is 2. The lowest BCUT2D eigenvalue weighted by Gasteiger charge is -2.09.